The third-order valence-corrected chi connectivity index (χ3v) is 4.73. The van der Waals surface area contributed by atoms with Crippen molar-refractivity contribution < 1.29 is 13.9 Å². The lowest BCUT2D eigenvalue weighted by molar-refractivity contribution is -0.115. The number of aryl methyl sites for hydroxylation is 1. The van der Waals surface area contributed by atoms with Crippen molar-refractivity contribution >= 4 is 23.4 Å². The highest BCUT2D eigenvalue weighted by molar-refractivity contribution is 8.00. The number of carbonyl (C=O) groups is 1. The maximum absolute atomic E-state index is 12.4. The lowest BCUT2D eigenvalue weighted by Crippen LogP contribution is -2.22. The van der Waals surface area contributed by atoms with E-state index in [0.717, 1.165) is 22.6 Å². The van der Waals surface area contributed by atoms with E-state index >= 15 is 0 Å². The zero-order valence-electron chi connectivity index (χ0n) is 14.7. The van der Waals surface area contributed by atoms with Gasteiger partial charge in [0.25, 0.3) is 5.22 Å². The fourth-order valence-electron chi connectivity index (χ4n) is 2.26. The standard InChI is InChI=1S/C19H19N3O3S/c1-12-6-4-5-7-16(12)20-17(23)13(2)26-19-22-21-18(25-19)14-8-10-15(24-3)11-9-14/h4-11,13H,1-3H3,(H,20,23)/t13-/m1/s1. The number of hydrogen-bond donors (Lipinski definition) is 1. The van der Waals surface area contributed by atoms with Crippen molar-refractivity contribution in [1.82, 2.24) is 10.2 Å². The molecule has 0 aliphatic carbocycles. The van der Waals surface area contributed by atoms with E-state index in [1.54, 1.807) is 14.0 Å². The molecule has 0 aliphatic rings. The Bertz CT molecular complexity index is 893. The summed E-state index contributed by atoms with van der Waals surface area (Å²) in [4.78, 5) is 12.4. The summed E-state index contributed by atoms with van der Waals surface area (Å²) < 4.78 is 10.8. The molecule has 0 saturated carbocycles. The molecule has 0 aliphatic heterocycles. The molecule has 1 heterocycles. The number of amides is 1. The average molecular weight is 369 g/mol. The van der Waals surface area contributed by atoms with Crippen molar-refractivity contribution in [3.63, 3.8) is 0 Å². The highest BCUT2D eigenvalue weighted by Crippen LogP contribution is 2.28. The number of methoxy groups -OCH3 is 1. The third-order valence-electron chi connectivity index (χ3n) is 3.79. The van der Waals surface area contributed by atoms with Gasteiger partial charge in [-0.25, -0.2) is 0 Å². The van der Waals surface area contributed by atoms with Crippen molar-refractivity contribution in [3.05, 3.63) is 54.1 Å². The van der Waals surface area contributed by atoms with Gasteiger partial charge >= 0.3 is 0 Å². The van der Waals surface area contributed by atoms with Crippen molar-refractivity contribution in [2.45, 2.75) is 24.3 Å². The molecule has 2 aromatic carbocycles. The van der Waals surface area contributed by atoms with Gasteiger partial charge in [0.1, 0.15) is 5.75 Å². The Morgan fingerprint density at radius 3 is 2.58 bits per heavy atom. The molecule has 0 bridgehead atoms. The van der Waals surface area contributed by atoms with Gasteiger partial charge in [0.15, 0.2) is 0 Å². The Morgan fingerprint density at radius 2 is 1.88 bits per heavy atom. The molecule has 3 aromatic rings. The van der Waals surface area contributed by atoms with Gasteiger partial charge in [-0.2, -0.15) is 0 Å². The molecule has 1 amide bonds. The molecule has 0 spiro atoms. The first-order valence-electron chi connectivity index (χ1n) is 8.08. The minimum atomic E-state index is -0.376. The van der Waals surface area contributed by atoms with Crippen molar-refractivity contribution in [3.8, 4) is 17.2 Å². The number of nitrogens with one attached hydrogen (secondary N) is 1. The summed E-state index contributed by atoms with van der Waals surface area (Å²) >= 11 is 1.22. The van der Waals surface area contributed by atoms with Crippen LogP contribution in [0.15, 0.2) is 58.2 Å². The van der Waals surface area contributed by atoms with Crippen LogP contribution in [0, 0.1) is 6.92 Å². The second-order valence-electron chi connectivity index (χ2n) is 5.67. The summed E-state index contributed by atoms with van der Waals surface area (Å²) in [6.07, 6.45) is 0. The van der Waals surface area contributed by atoms with Gasteiger partial charge in [-0.05, 0) is 49.7 Å². The number of anilines is 1. The molecule has 0 unspecified atom stereocenters. The monoisotopic (exact) mass is 369 g/mol. The van der Waals surface area contributed by atoms with Crippen LogP contribution in [0.4, 0.5) is 5.69 Å². The molecule has 1 aromatic heterocycles. The van der Waals surface area contributed by atoms with Crippen LogP contribution < -0.4 is 10.1 Å². The second kappa shape index (κ2) is 8.05. The number of carbonyl (C=O) groups excluding carboxylic acids is 1. The summed E-state index contributed by atoms with van der Waals surface area (Å²) in [6, 6.07) is 15.0. The van der Waals surface area contributed by atoms with Gasteiger partial charge in [0.05, 0.1) is 12.4 Å². The number of hydrogen-bond acceptors (Lipinski definition) is 6. The Labute approximate surface area is 156 Å². The van der Waals surface area contributed by atoms with E-state index in [4.69, 9.17) is 9.15 Å². The zero-order chi connectivity index (χ0) is 18.5. The first kappa shape index (κ1) is 18.0. The summed E-state index contributed by atoms with van der Waals surface area (Å²) in [5.74, 6) is 1.04. The minimum Gasteiger partial charge on any atom is -0.497 e. The number of thioether (sulfide) groups is 1. The smallest absolute Gasteiger partial charge is 0.277 e. The van der Waals surface area contributed by atoms with E-state index in [-0.39, 0.29) is 11.2 Å². The average Bonchev–Trinajstić information content (AvgIpc) is 3.12. The van der Waals surface area contributed by atoms with Crippen LogP contribution >= 0.6 is 11.8 Å². The summed E-state index contributed by atoms with van der Waals surface area (Å²) in [6.45, 7) is 3.75. The van der Waals surface area contributed by atoms with Crippen LogP contribution in [0.1, 0.15) is 12.5 Å². The van der Waals surface area contributed by atoms with E-state index in [0.29, 0.717) is 11.1 Å². The fourth-order valence-corrected chi connectivity index (χ4v) is 2.94. The predicted octanol–water partition coefficient (Wildman–Crippen LogP) is 4.17. The molecule has 6 nitrogen and oxygen atoms in total. The molecule has 3 rings (SSSR count). The molecule has 0 fully saturated rings. The largest absolute Gasteiger partial charge is 0.497 e. The molecule has 1 N–H and O–H groups in total. The molecular formula is C19H19N3O3S. The quantitative estimate of drug-likeness (QED) is 0.657. The van der Waals surface area contributed by atoms with Gasteiger partial charge in [-0.15, -0.1) is 10.2 Å². The van der Waals surface area contributed by atoms with Crippen LogP contribution in [0.2, 0.25) is 0 Å². The van der Waals surface area contributed by atoms with E-state index in [9.17, 15) is 4.79 Å². The number of nitrogens with zero attached hydrogens (tertiary/aromatic N) is 2. The molecule has 134 valence electrons. The third kappa shape index (κ3) is 4.23. The number of ether oxygens (including phenoxy) is 1. The van der Waals surface area contributed by atoms with E-state index in [1.807, 2.05) is 55.5 Å². The van der Waals surface area contributed by atoms with Crippen LogP contribution in [-0.4, -0.2) is 28.5 Å². The van der Waals surface area contributed by atoms with Crippen molar-refractivity contribution in [2.24, 2.45) is 0 Å². The van der Waals surface area contributed by atoms with E-state index in [1.165, 1.54) is 11.8 Å². The zero-order valence-corrected chi connectivity index (χ0v) is 15.5. The molecular weight excluding hydrogens is 350 g/mol. The molecule has 0 saturated heterocycles. The number of aromatic nitrogens is 2. The van der Waals surface area contributed by atoms with Gasteiger partial charge in [-0.1, -0.05) is 30.0 Å². The lowest BCUT2D eigenvalue weighted by atomic mass is 10.2. The number of para-hydroxylation sites is 1. The van der Waals surface area contributed by atoms with Gasteiger partial charge in [-0.3, -0.25) is 4.79 Å². The summed E-state index contributed by atoms with van der Waals surface area (Å²) in [5.41, 5.74) is 2.61. The Morgan fingerprint density at radius 1 is 1.15 bits per heavy atom. The van der Waals surface area contributed by atoms with Crippen LogP contribution in [0.3, 0.4) is 0 Å². The van der Waals surface area contributed by atoms with Gasteiger partial charge in [0, 0.05) is 11.3 Å². The normalized spacial score (nSPS) is 11.8. The Balaban J connectivity index is 1.64. The van der Waals surface area contributed by atoms with E-state index in [2.05, 4.69) is 15.5 Å². The number of rotatable bonds is 6. The first-order valence-corrected chi connectivity index (χ1v) is 8.96. The van der Waals surface area contributed by atoms with E-state index < -0.39 is 0 Å². The fraction of sp³-hybridized carbons (Fsp3) is 0.211. The molecule has 26 heavy (non-hydrogen) atoms. The maximum Gasteiger partial charge on any atom is 0.277 e. The van der Waals surface area contributed by atoms with Gasteiger partial charge in [0.2, 0.25) is 11.8 Å². The van der Waals surface area contributed by atoms with Crippen LogP contribution in [0.5, 0.6) is 5.75 Å². The van der Waals surface area contributed by atoms with Crippen molar-refractivity contribution in [2.75, 3.05) is 12.4 Å². The Hall–Kier alpha value is -2.80. The number of benzene rings is 2. The second-order valence-corrected chi connectivity index (χ2v) is 6.96. The molecule has 0 radical (unpaired) electrons. The summed E-state index contributed by atoms with van der Waals surface area (Å²) in [7, 11) is 1.61. The van der Waals surface area contributed by atoms with Crippen LogP contribution in [-0.2, 0) is 4.79 Å². The Kier molecular flexibility index (Phi) is 5.58. The van der Waals surface area contributed by atoms with Gasteiger partial charge < -0.3 is 14.5 Å². The highest BCUT2D eigenvalue weighted by Gasteiger charge is 2.19. The topological polar surface area (TPSA) is 77.2 Å². The highest BCUT2D eigenvalue weighted by atomic mass is 32.2. The molecule has 1 atom stereocenters. The predicted molar refractivity (Wildman–Crippen MR) is 101 cm³/mol. The lowest BCUT2D eigenvalue weighted by Gasteiger charge is -2.11. The van der Waals surface area contributed by atoms with Crippen molar-refractivity contribution in [1.29, 1.82) is 0 Å². The molecule has 7 heteroatoms. The van der Waals surface area contributed by atoms with Crippen LogP contribution in [0.25, 0.3) is 11.5 Å². The SMILES string of the molecule is COc1ccc(-c2nnc(S[C@H](C)C(=O)Nc3ccccc3C)o2)cc1. The first-order chi connectivity index (χ1) is 12.6. The minimum absolute atomic E-state index is 0.117. The maximum atomic E-state index is 12.4. The summed E-state index contributed by atoms with van der Waals surface area (Å²) in [5, 5.41) is 11.0.